The summed E-state index contributed by atoms with van der Waals surface area (Å²) >= 11 is 1.59. The van der Waals surface area contributed by atoms with Crippen molar-refractivity contribution in [2.24, 2.45) is 5.92 Å². The topological polar surface area (TPSA) is 89.5 Å². The van der Waals surface area contributed by atoms with E-state index >= 15 is 0 Å². The van der Waals surface area contributed by atoms with E-state index in [4.69, 9.17) is 18.0 Å². The molecule has 2 aliphatic heterocycles. The van der Waals surface area contributed by atoms with Gasteiger partial charge in [0.1, 0.15) is 29.9 Å². The van der Waals surface area contributed by atoms with Crippen LogP contribution in [0.25, 0.3) is 0 Å². The van der Waals surface area contributed by atoms with Crippen LogP contribution in [0.1, 0.15) is 33.1 Å². The summed E-state index contributed by atoms with van der Waals surface area (Å²) in [5.74, 6) is 0.464. The lowest BCUT2D eigenvalue weighted by Crippen LogP contribution is -2.69. The Morgan fingerprint density at radius 3 is 1.97 bits per heavy atom. The average molecular weight is 623 g/mol. The minimum absolute atomic E-state index is 0.0544. The van der Waals surface area contributed by atoms with Gasteiger partial charge in [0.2, 0.25) is 5.91 Å². The number of thioether (sulfide) groups is 1. The van der Waals surface area contributed by atoms with Crippen LogP contribution >= 0.6 is 11.8 Å². The van der Waals surface area contributed by atoms with Crippen LogP contribution in [0.5, 0.6) is 0 Å². The van der Waals surface area contributed by atoms with Gasteiger partial charge < -0.3 is 28.4 Å². The lowest BCUT2D eigenvalue weighted by Gasteiger charge is -2.52. The van der Waals surface area contributed by atoms with E-state index in [0.717, 1.165) is 25.8 Å². The van der Waals surface area contributed by atoms with Gasteiger partial charge in [-0.25, -0.2) is 0 Å². The molecule has 230 valence electrons. The molecular formula is C27H58N2O6SSi3. The van der Waals surface area contributed by atoms with Crippen molar-refractivity contribution in [1.29, 1.82) is 0 Å². The third-order valence-electron chi connectivity index (χ3n) is 7.05. The van der Waals surface area contributed by atoms with Gasteiger partial charge in [0.05, 0.1) is 18.2 Å². The second kappa shape index (κ2) is 14.1. The van der Waals surface area contributed by atoms with E-state index in [9.17, 15) is 9.90 Å². The van der Waals surface area contributed by atoms with Crippen LogP contribution in [0.15, 0.2) is 0 Å². The summed E-state index contributed by atoms with van der Waals surface area (Å²) in [7, 11) is -4.09. The molecule has 0 aromatic carbocycles. The summed E-state index contributed by atoms with van der Waals surface area (Å²) in [6.45, 7) is 24.4. The van der Waals surface area contributed by atoms with Crippen LogP contribution in [0.3, 0.4) is 0 Å². The Labute approximate surface area is 246 Å². The summed E-state index contributed by atoms with van der Waals surface area (Å²) in [5.41, 5.74) is -0.314. The standard InChI is InChI=1S/C27H58N2O6SSi3/c1-14-15-19-16-20(29(3)17-19)26(31)28-21(18(2)30)22-23(33-37(5,6)7)24(34-38(8,9)10)25(27(32-22)36-4)35-39(11,12)13/h18-25,27,30H,14-17H2,1-13H3,(H,28,31)/t18?,19?,20-,21?,22?,23+,24?,25?,27-/m1/s1. The Balaban J connectivity index is 2.49. The number of hydrogen-bond acceptors (Lipinski definition) is 8. The molecule has 2 heterocycles. The predicted molar refractivity (Wildman–Crippen MR) is 170 cm³/mol. The number of nitrogens with one attached hydrogen (secondary N) is 1. The number of rotatable bonds is 13. The van der Waals surface area contributed by atoms with Crippen molar-refractivity contribution >= 4 is 42.6 Å². The number of likely N-dealkylation sites (N-methyl/N-ethyl adjacent to an activating group) is 1. The molecule has 0 spiro atoms. The smallest absolute Gasteiger partial charge is 0.237 e. The van der Waals surface area contributed by atoms with Crippen molar-refractivity contribution in [2.45, 2.75) is 140 Å². The van der Waals surface area contributed by atoms with Crippen molar-refractivity contribution in [3.8, 4) is 0 Å². The minimum atomic E-state index is -2.10. The van der Waals surface area contributed by atoms with Crippen molar-refractivity contribution in [2.75, 3.05) is 19.8 Å². The summed E-state index contributed by atoms with van der Waals surface area (Å²) in [4.78, 5) is 15.8. The molecule has 2 N–H and O–H groups in total. The first-order chi connectivity index (χ1) is 17.8. The number of carbonyl (C=O) groups excluding carboxylic acids is 1. The highest BCUT2D eigenvalue weighted by molar-refractivity contribution is 7.99. The first-order valence-corrected chi connectivity index (χ1v) is 26.2. The van der Waals surface area contributed by atoms with Gasteiger partial charge >= 0.3 is 0 Å². The molecule has 0 aliphatic carbocycles. The molecule has 0 aromatic rings. The maximum atomic E-state index is 13.7. The second-order valence-electron chi connectivity index (χ2n) is 14.4. The Kier molecular flexibility index (Phi) is 12.8. The number of aliphatic hydroxyl groups excluding tert-OH is 1. The molecule has 2 fully saturated rings. The number of hydrogen-bond donors (Lipinski definition) is 2. The van der Waals surface area contributed by atoms with Gasteiger partial charge in [-0.1, -0.05) is 13.3 Å². The monoisotopic (exact) mass is 622 g/mol. The minimum Gasteiger partial charge on any atom is -0.409 e. The van der Waals surface area contributed by atoms with E-state index in [1.54, 1.807) is 18.7 Å². The molecule has 2 aliphatic rings. The van der Waals surface area contributed by atoms with Gasteiger partial charge in [-0.2, -0.15) is 0 Å². The number of likely N-dealkylation sites (tertiary alicyclic amines) is 1. The van der Waals surface area contributed by atoms with Crippen LogP contribution in [0, 0.1) is 5.92 Å². The van der Waals surface area contributed by atoms with E-state index in [1.807, 2.05) is 13.3 Å². The molecule has 9 atom stereocenters. The number of carbonyl (C=O) groups is 1. The van der Waals surface area contributed by atoms with E-state index in [2.05, 4.69) is 76.1 Å². The lowest BCUT2D eigenvalue weighted by atomic mass is 9.91. The normalized spacial score (nSPS) is 32.7. The Morgan fingerprint density at radius 1 is 1.00 bits per heavy atom. The fraction of sp³-hybridized carbons (Fsp3) is 0.963. The molecular weight excluding hydrogens is 565 g/mol. The van der Waals surface area contributed by atoms with Crippen molar-refractivity contribution in [3.63, 3.8) is 0 Å². The zero-order chi connectivity index (χ0) is 29.9. The largest absolute Gasteiger partial charge is 0.409 e. The first kappa shape index (κ1) is 35.4. The average Bonchev–Trinajstić information content (AvgIpc) is 3.12. The van der Waals surface area contributed by atoms with Gasteiger partial charge in [0, 0.05) is 6.54 Å². The number of ether oxygens (including phenoxy) is 1. The summed E-state index contributed by atoms with van der Waals surface area (Å²) in [6, 6.07) is -0.858. The highest BCUT2D eigenvalue weighted by Crippen LogP contribution is 2.38. The van der Waals surface area contributed by atoms with Gasteiger partial charge in [-0.3, -0.25) is 9.69 Å². The molecule has 0 radical (unpaired) electrons. The molecule has 0 bridgehead atoms. The Morgan fingerprint density at radius 2 is 1.51 bits per heavy atom. The summed E-state index contributed by atoms with van der Waals surface area (Å²) < 4.78 is 27.3. The Bertz CT molecular complexity index is 789. The third-order valence-corrected chi connectivity index (χ3v) is 10.8. The second-order valence-corrected chi connectivity index (χ2v) is 28.7. The van der Waals surface area contributed by atoms with Crippen molar-refractivity contribution < 1.29 is 27.9 Å². The van der Waals surface area contributed by atoms with Gasteiger partial charge in [-0.05, 0) is 97.9 Å². The SMILES string of the molecule is CCCC1C[C@H](C(=O)NC(C(C)O)C2O[C@H](SC)C(O[Si](C)(C)C)C(O[Si](C)(C)C)[C@H]2O[Si](C)(C)C)N(C)C1. The van der Waals surface area contributed by atoms with Crippen LogP contribution < -0.4 is 5.32 Å². The van der Waals surface area contributed by atoms with Gasteiger partial charge in [-0.15, -0.1) is 11.8 Å². The molecule has 1 amide bonds. The molecule has 2 rings (SSSR count). The summed E-state index contributed by atoms with van der Waals surface area (Å²) in [6.07, 6.45) is 2.51. The van der Waals surface area contributed by atoms with Gasteiger partial charge in [0.15, 0.2) is 25.0 Å². The van der Waals surface area contributed by atoms with E-state index in [-0.39, 0.29) is 29.6 Å². The van der Waals surface area contributed by atoms with Crippen LogP contribution in [0.2, 0.25) is 58.9 Å². The number of amides is 1. The van der Waals surface area contributed by atoms with E-state index in [1.165, 1.54) is 0 Å². The van der Waals surface area contributed by atoms with Crippen molar-refractivity contribution in [3.05, 3.63) is 0 Å². The number of aliphatic hydroxyl groups is 1. The molecule has 0 saturated carbocycles. The third kappa shape index (κ3) is 10.8. The van der Waals surface area contributed by atoms with Crippen LogP contribution in [-0.4, -0.2) is 109 Å². The fourth-order valence-corrected chi connectivity index (χ4v) is 9.76. The van der Waals surface area contributed by atoms with Gasteiger partial charge in [0.25, 0.3) is 0 Å². The highest BCUT2D eigenvalue weighted by Gasteiger charge is 2.54. The fourth-order valence-electron chi connectivity index (χ4n) is 5.70. The predicted octanol–water partition coefficient (Wildman–Crippen LogP) is 4.72. The molecule has 12 heteroatoms. The molecule has 39 heavy (non-hydrogen) atoms. The lowest BCUT2D eigenvalue weighted by molar-refractivity contribution is -0.196. The maximum absolute atomic E-state index is 13.7. The number of nitrogens with zero attached hydrogens (tertiary/aromatic N) is 1. The first-order valence-electron chi connectivity index (χ1n) is 14.7. The molecule has 0 aromatic heterocycles. The maximum Gasteiger partial charge on any atom is 0.237 e. The van der Waals surface area contributed by atoms with E-state index < -0.39 is 49.3 Å². The summed E-state index contributed by atoms with van der Waals surface area (Å²) in [5, 5.41) is 14.3. The van der Waals surface area contributed by atoms with Crippen LogP contribution in [0.4, 0.5) is 0 Å². The zero-order valence-electron chi connectivity index (χ0n) is 26.9. The molecule has 2 saturated heterocycles. The van der Waals surface area contributed by atoms with Crippen LogP contribution in [-0.2, 0) is 22.8 Å². The zero-order valence-corrected chi connectivity index (χ0v) is 30.7. The molecule has 8 nitrogen and oxygen atoms in total. The Hall–Kier alpha value is 0.231. The van der Waals surface area contributed by atoms with Crippen molar-refractivity contribution in [1.82, 2.24) is 10.2 Å². The van der Waals surface area contributed by atoms with E-state index in [0.29, 0.717) is 5.92 Å². The highest BCUT2D eigenvalue weighted by atomic mass is 32.2. The quantitative estimate of drug-likeness (QED) is 0.285. The molecule has 6 unspecified atom stereocenters.